The highest BCUT2D eigenvalue weighted by Gasteiger charge is 2.08. The molecule has 0 bridgehead atoms. The van der Waals surface area contributed by atoms with E-state index < -0.39 is 12.0 Å². The average molecular weight is 287 g/mol. The van der Waals surface area contributed by atoms with Crippen molar-refractivity contribution >= 4 is 17.8 Å². The molecule has 0 aliphatic heterocycles. The van der Waals surface area contributed by atoms with Crippen molar-refractivity contribution in [1.82, 2.24) is 10.5 Å². The third kappa shape index (κ3) is 4.29. The van der Waals surface area contributed by atoms with E-state index in [9.17, 15) is 9.59 Å². The van der Waals surface area contributed by atoms with Gasteiger partial charge in [0, 0.05) is 11.8 Å². The monoisotopic (exact) mass is 287 g/mol. The SMILES string of the molecule is O=C(Nc1cc(C(=O)NO)ccn1)OCc1ccccc1. The van der Waals surface area contributed by atoms with Gasteiger partial charge in [0.2, 0.25) is 0 Å². The van der Waals surface area contributed by atoms with E-state index in [0.717, 1.165) is 5.56 Å². The number of hydroxylamine groups is 1. The van der Waals surface area contributed by atoms with Gasteiger partial charge in [-0.05, 0) is 17.7 Å². The number of amides is 2. The Morgan fingerprint density at radius 2 is 1.95 bits per heavy atom. The molecule has 0 spiro atoms. The van der Waals surface area contributed by atoms with Gasteiger partial charge in [-0.1, -0.05) is 30.3 Å². The van der Waals surface area contributed by atoms with Crippen LogP contribution in [-0.4, -0.2) is 22.2 Å². The number of hydrogen-bond donors (Lipinski definition) is 3. The lowest BCUT2D eigenvalue weighted by atomic mass is 10.2. The number of benzene rings is 1. The summed E-state index contributed by atoms with van der Waals surface area (Å²) in [4.78, 5) is 26.7. The number of aromatic nitrogens is 1. The number of hydrogen-bond acceptors (Lipinski definition) is 5. The van der Waals surface area contributed by atoms with Crippen molar-refractivity contribution in [2.75, 3.05) is 5.32 Å². The maximum Gasteiger partial charge on any atom is 0.413 e. The molecular weight excluding hydrogens is 274 g/mol. The molecule has 0 fully saturated rings. The van der Waals surface area contributed by atoms with E-state index in [1.54, 1.807) is 0 Å². The first-order valence-corrected chi connectivity index (χ1v) is 6.07. The summed E-state index contributed by atoms with van der Waals surface area (Å²) in [5.41, 5.74) is 2.51. The Kier molecular flexibility index (Phi) is 4.84. The predicted molar refractivity (Wildman–Crippen MR) is 73.7 cm³/mol. The number of rotatable bonds is 4. The van der Waals surface area contributed by atoms with Gasteiger partial charge in [-0.25, -0.2) is 15.3 Å². The third-order valence-corrected chi connectivity index (χ3v) is 2.57. The molecule has 0 aliphatic carbocycles. The quantitative estimate of drug-likeness (QED) is 0.589. The first-order valence-electron chi connectivity index (χ1n) is 6.07. The summed E-state index contributed by atoms with van der Waals surface area (Å²) >= 11 is 0. The second kappa shape index (κ2) is 7.01. The fourth-order valence-electron chi connectivity index (χ4n) is 1.57. The van der Waals surface area contributed by atoms with Crippen LogP contribution in [0.4, 0.5) is 10.6 Å². The number of nitrogens with zero attached hydrogens (tertiary/aromatic N) is 1. The highest BCUT2D eigenvalue weighted by atomic mass is 16.5. The molecule has 7 heteroatoms. The largest absolute Gasteiger partial charge is 0.444 e. The van der Waals surface area contributed by atoms with Gasteiger partial charge in [0.05, 0.1) is 0 Å². The molecule has 0 radical (unpaired) electrons. The maximum absolute atomic E-state index is 11.6. The summed E-state index contributed by atoms with van der Waals surface area (Å²) in [5.74, 6) is -0.549. The second-order valence-corrected chi connectivity index (χ2v) is 4.06. The molecule has 2 amide bonds. The minimum atomic E-state index is -0.696. The summed E-state index contributed by atoms with van der Waals surface area (Å²) in [6.07, 6.45) is 0.644. The van der Waals surface area contributed by atoms with Gasteiger partial charge < -0.3 is 4.74 Å². The van der Waals surface area contributed by atoms with Crippen molar-refractivity contribution in [2.45, 2.75) is 6.61 Å². The minimum absolute atomic E-state index is 0.128. The number of carbonyl (C=O) groups excluding carboxylic acids is 2. The first kappa shape index (κ1) is 14.5. The highest BCUT2D eigenvalue weighted by molar-refractivity contribution is 5.94. The summed E-state index contributed by atoms with van der Waals surface area (Å²) in [6, 6.07) is 11.9. The Labute approximate surface area is 120 Å². The van der Waals surface area contributed by atoms with Crippen molar-refractivity contribution in [1.29, 1.82) is 0 Å². The molecule has 0 aliphatic rings. The number of anilines is 1. The lowest BCUT2D eigenvalue weighted by Crippen LogP contribution is -2.19. The zero-order chi connectivity index (χ0) is 15.1. The topological polar surface area (TPSA) is 101 Å². The third-order valence-electron chi connectivity index (χ3n) is 2.57. The molecule has 0 atom stereocenters. The summed E-state index contributed by atoms with van der Waals surface area (Å²) < 4.78 is 5.02. The number of pyridine rings is 1. The molecule has 1 heterocycles. The van der Waals surface area contributed by atoms with E-state index in [1.165, 1.54) is 23.8 Å². The van der Waals surface area contributed by atoms with Gasteiger partial charge in [-0.15, -0.1) is 0 Å². The Morgan fingerprint density at radius 3 is 2.67 bits per heavy atom. The smallest absolute Gasteiger partial charge is 0.413 e. The lowest BCUT2D eigenvalue weighted by molar-refractivity contribution is 0.0706. The van der Waals surface area contributed by atoms with E-state index in [4.69, 9.17) is 9.94 Å². The van der Waals surface area contributed by atoms with Crippen LogP contribution >= 0.6 is 0 Å². The molecule has 2 aromatic rings. The zero-order valence-electron chi connectivity index (χ0n) is 10.9. The van der Waals surface area contributed by atoms with E-state index in [2.05, 4.69) is 10.3 Å². The van der Waals surface area contributed by atoms with E-state index in [0.29, 0.717) is 0 Å². The summed E-state index contributed by atoms with van der Waals surface area (Å²) in [6.45, 7) is 0.128. The minimum Gasteiger partial charge on any atom is -0.444 e. The van der Waals surface area contributed by atoms with Crippen LogP contribution < -0.4 is 10.8 Å². The van der Waals surface area contributed by atoms with Crippen molar-refractivity contribution < 1.29 is 19.5 Å². The fraction of sp³-hybridized carbons (Fsp3) is 0.0714. The molecule has 7 nitrogen and oxygen atoms in total. The fourth-order valence-corrected chi connectivity index (χ4v) is 1.57. The van der Waals surface area contributed by atoms with Crippen LogP contribution in [0.3, 0.4) is 0 Å². The molecule has 0 saturated carbocycles. The Bertz CT molecular complexity index is 631. The molecule has 0 saturated heterocycles. The Balaban J connectivity index is 1.92. The van der Waals surface area contributed by atoms with Gasteiger partial charge in [0.15, 0.2) is 0 Å². The van der Waals surface area contributed by atoms with Crippen LogP contribution in [0.2, 0.25) is 0 Å². The summed E-state index contributed by atoms with van der Waals surface area (Å²) in [5, 5.41) is 10.9. The molecule has 0 unspecified atom stereocenters. The van der Waals surface area contributed by atoms with Crippen LogP contribution in [-0.2, 0) is 11.3 Å². The van der Waals surface area contributed by atoms with Gasteiger partial charge in [-0.3, -0.25) is 15.3 Å². The number of carbonyl (C=O) groups is 2. The van der Waals surface area contributed by atoms with Crippen molar-refractivity contribution in [3.8, 4) is 0 Å². The Hall–Kier alpha value is -2.93. The van der Waals surface area contributed by atoms with Gasteiger partial charge in [0.25, 0.3) is 5.91 Å². The van der Waals surface area contributed by atoms with Crippen LogP contribution in [0.1, 0.15) is 15.9 Å². The number of nitrogens with one attached hydrogen (secondary N) is 2. The normalized spacial score (nSPS) is 9.76. The van der Waals surface area contributed by atoms with Crippen molar-refractivity contribution in [2.24, 2.45) is 0 Å². The first-order chi connectivity index (χ1) is 10.2. The van der Waals surface area contributed by atoms with Crippen LogP contribution in [0.15, 0.2) is 48.7 Å². The van der Waals surface area contributed by atoms with Crippen LogP contribution in [0.25, 0.3) is 0 Å². The van der Waals surface area contributed by atoms with Crippen molar-refractivity contribution in [3.05, 3.63) is 59.8 Å². The molecule has 1 aromatic heterocycles. The molecule has 3 N–H and O–H groups in total. The molecule has 2 rings (SSSR count). The molecular formula is C14H13N3O4. The highest BCUT2D eigenvalue weighted by Crippen LogP contribution is 2.08. The molecule has 108 valence electrons. The molecule has 21 heavy (non-hydrogen) atoms. The van der Waals surface area contributed by atoms with Crippen molar-refractivity contribution in [3.63, 3.8) is 0 Å². The van der Waals surface area contributed by atoms with E-state index in [1.807, 2.05) is 30.3 Å². The molecule has 1 aromatic carbocycles. The van der Waals surface area contributed by atoms with Crippen LogP contribution in [0.5, 0.6) is 0 Å². The standard InChI is InChI=1S/C14H13N3O4/c18-13(17-20)11-6-7-15-12(8-11)16-14(19)21-9-10-4-2-1-3-5-10/h1-8,20H,9H2,(H,17,18)(H,15,16,19). The van der Waals surface area contributed by atoms with E-state index >= 15 is 0 Å². The second-order valence-electron chi connectivity index (χ2n) is 4.06. The lowest BCUT2D eigenvalue weighted by Gasteiger charge is -2.07. The van der Waals surface area contributed by atoms with Gasteiger partial charge in [0.1, 0.15) is 12.4 Å². The van der Waals surface area contributed by atoms with E-state index in [-0.39, 0.29) is 18.0 Å². The average Bonchev–Trinajstić information content (AvgIpc) is 2.53. The van der Waals surface area contributed by atoms with Gasteiger partial charge in [-0.2, -0.15) is 0 Å². The maximum atomic E-state index is 11.6. The Morgan fingerprint density at radius 1 is 1.19 bits per heavy atom. The van der Waals surface area contributed by atoms with Gasteiger partial charge >= 0.3 is 6.09 Å². The zero-order valence-corrected chi connectivity index (χ0v) is 10.9. The summed E-state index contributed by atoms with van der Waals surface area (Å²) in [7, 11) is 0. The number of ether oxygens (including phenoxy) is 1. The van der Waals surface area contributed by atoms with Crippen LogP contribution in [0, 0.1) is 0 Å². The predicted octanol–water partition coefficient (Wildman–Crippen LogP) is 1.95.